The third kappa shape index (κ3) is 3.28. The maximum Gasteiger partial charge on any atom is 0.269 e. The number of nitro benzene ring substituents is 1. The van der Waals surface area contributed by atoms with Gasteiger partial charge in [0.05, 0.1) is 42.5 Å². The quantitative estimate of drug-likeness (QED) is 0.464. The highest BCUT2D eigenvalue weighted by atomic mass is 32.2. The number of nitro groups is 1. The number of benzene rings is 1. The van der Waals surface area contributed by atoms with Crippen molar-refractivity contribution in [2.75, 3.05) is 32.7 Å². The normalized spacial score (nSPS) is 29.3. The summed E-state index contributed by atoms with van der Waals surface area (Å²) in [6.07, 6.45) is 7.31. The minimum atomic E-state index is -3.58. The summed E-state index contributed by atoms with van der Waals surface area (Å²) in [6.45, 7) is 3.79. The van der Waals surface area contributed by atoms with Gasteiger partial charge in [-0.3, -0.25) is 10.1 Å². The molecule has 1 heterocycles. The predicted octanol–water partition coefficient (Wildman–Crippen LogP) is 0.696. The molecule has 140 valence electrons. The summed E-state index contributed by atoms with van der Waals surface area (Å²) in [5, 5.41) is 10.7. The number of hydrogen-bond acceptors (Lipinski definition) is 4. The van der Waals surface area contributed by atoms with Crippen LogP contribution in [0.3, 0.4) is 0 Å². The minimum Gasteiger partial charge on any atom is -0.332 e. The van der Waals surface area contributed by atoms with Crippen LogP contribution in [0.4, 0.5) is 5.69 Å². The SMILES string of the molecule is O=[N+]([O-])c1ccc(S(=O)(=O)N2CC[NH+](C[C@@H]3C[C@H]4C=C[C@H]3C4)CC2)cc1. The topological polar surface area (TPSA) is 85.0 Å². The highest BCUT2D eigenvalue weighted by Crippen LogP contribution is 2.42. The van der Waals surface area contributed by atoms with Crippen LogP contribution in [-0.2, 0) is 10.0 Å². The highest BCUT2D eigenvalue weighted by molar-refractivity contribution is 7.89. The van der Waals surface area contributed by atoms with E-state index in [0.717, 1.165) is 37.4 Å². The Bertz CT molecular complexity index is 813. The zero-order chi connectivity index (χ0) is 18.3. The maximum atomic E-state index is 12.8. The summed E-state index contributed by atoms with van der Waals surface area (Å²) >= 11 is 0. The fourth-order valence-corrected chi connectivity index (χ4v) is 6.08. The summed E-state index contributed by atoms with van der Waals surface area (Å²) in [5.74, 6) is 2.25. The van der Waals surface area contributed by atoms with Crippen LogP contribution in [0, 0.1) is 27.9 Å². The number of fused-ring (bicyclic) bond motifs is 2. The van der Waals surface area contributed by atoms with Gasteiger partial charge in [0.15, 0.2) is 0 Å². The summed E-state index contributed by atoms with van der Waals surface area (Å²) in [6, 6.07) is 5.15. The number of quaternary nitrogens is 1. The first kappa shape index (κ1) is 17.6. The van der Waals surface area contributed by atoms with Crippen molar-refractivity contribution in [2.45, 2.75) is 17.7 Å². The molecule has 0 aromatic heterocycles. The van der Waals surface area contributed by atoms with Crippen LogP contribution in [0.1, 0.15) is 12.8 Å². The standard InChI is InChI=1S/C18H23N3O4S/c22-21(23)17-3-5-18(6-4-17)26(24,25)20-9-7-19(8-10-20)13-16-12-14-1-2-15(16)11-14/h1-6,14-16H,7-13H2/p+1/t14-,15-,16-/m0/s1. The van der Waals surface area contributed by atoms with Crippen molar-refractivity contribution in [3.63, 3.8) is 0 Å². The highest BCUT2D eigenvalue weighted by Gasteiger charge is 2.39. The van der Waals surface area contributed by atoms with Gasteiger partial charge < -0.3 is 4.90 Å². The van der Waals surface area contributed by atoms with E-state index in [4.69, 9.17) is 0 Å². The van der Waals surface area contributed by atoms with Gasteiger partial charge in [0, 0.05) is 18.1 Å². The fourth-order valence-electron chi connectivity index (χ4n) is 4.64. The lowest BCUT2D eigenvalue weighted by Gasteiger charge is -2.33. The van der Waals surface area contributed by atoms with Crippen LogP contribution in [-0.4, -0.2) is 50.4 Å². The van der Waals surface area contributed by atoms with E-state index in [1.54, 1.807) is 0 Å². The molecule has 0 radical (unpaired) electrons. The Morgan fingerprint density at radius 1 is 1.12 bits per heavy atom. The van der Waals surface area contributed by atoms with E-state index >= 15 is 0 Å². The molecule has 2 fully saturated rings. The van der Waals surface area contributed by atoms with Crippen LogP contribution in [0.5, 0.6) is 0 Å². The van der Waals surface area contributed by atoms with Crippen molar-refractivity contribution in [1.29, 1.82) is 0 Å². The number of rotatable bonds is 5. The molecule has 7 nitrogen and oxygen atoms in total. The van der Waals surface area contributed by atoms with Crippen LogP contribution < -0.4 is 4.90 Å². The maximum absolute atomic E-state index is 12.8. The molecule has 1 saturated carbocycles. The molecule has 1 saturated heterocycles. The van der Waals surface area contributed by atoms with Crippen LogP contribution in [0.2, 0.25) is 0 Å². The average Bonchev–Trinajstić information content (AvgIpc) is 3.25. The minimum absolute atomic E-state index is 0.0990. The monoisotopic (exact) mass is 378 g/mol. The zero-order valence-corrected chi connectivity index (χ0v) is 15.4. The molecule has 3 aliphatic rings. The Labute approximate surface area is 153 Å². The third-order valence-corrected chi connectivity index (χ3v) is 7.99. The van der Waals surface area contributed by atoms with Crippen LogP contribution >= 0.6 is 0 Å². The summed E-state index contributed by atoms with van der Waals surface area (Å²) < 4.78 is 27.0. The Hall–Kier alpha value is -1.77. The van der Waals surface area contributed by atoms with Crippen LogP contribution in [0.15, 0.2) is 41.3 Å². The van der Waals surface area contributed by atoms with Gasteiger partial charge in [0.1, 0.15) is 0 Å². The van der Waals surface area contributed by atoms with E-state index < -0.39 is 14.9 Å². The van der Waals surface area contributed by atoms with Crippen molar-refractivity contribution in [1.82, 2.24) is 4.31 Å². The summed E-state index contributed by atoms with van der Waals surface area (Å²) in [4.78, 5) is 11.8. The molecular weight excluding hydrogens is 354 g/mol. The van der Waals surface area contributed by atoms with Crippen molar-refractivity contribution >= 4 is 15.7 Å². The predicted molar refractivity (Wildman–Crippen MR) is 96.3 cm³/mol. The molecule has 3 atom stereocenters. The first-order valence-corrected chi connectivity index (χ1v) is 10.6. The largest absolute Gasteiger partial charge is 0.332 e. The van der Waals surface area contributed by atoms with E-state index in [0.29, 0.717) is 13.1 Å². The molecule has 2 bridgehead atoms. The Morgan fingerprint density at radius 2 is 1.81 bits per heavy atom. The van der Waals surface area contributed by atoms with Gasteiger partial charge in [0.2, 0.25) is 10.0 Å². The van der Waals surface area contributed by atoms with E-state index in [1.165, 1.54) is 46.3 Å². The van der Waals surface area contributed by atoms with E-state index in [2.05, 4.69) is 12.2 Å². The van der Waals surface area contributed by atoms with Crippen LogP contribution in [0.25, 0.3) is 0 Å². The molecule has 8 heteroatoms. The molecule has 1 aliphatic heterocycles. The second kappa shape index (κ2) is 6.75. The van der Waals surface area contributed by atoms with Gasteiger partial charge in [-0.25, -0.2) is 8.42 Å². The number of non-ortho nitro benzene ring substituents is 1. The first-order valence-electron chi connectivity index (χ1n) is 9.20. The van der Waals surface area contributed by atoms with Crippen molar-refractivity contribution in [2.24, 2.45) is 17.8 Å². The molecule has 1 N–H and O–H groups in total. The van der Waals surface area contributed by atoms with E-state index in [1.807, 2.05) is 0 Å². The number of sulfonamides is 1. The molecule has 1 aromatic rings. The van der Waals surface area contributed by atoms with Gasteiger partial charge in [-0.1, -0.05) is 12.2 Å². The zero-order valence-electron chi connectivity index (χ0n) is 14.6. The van der Waals surface area contributed by atoms with E-state index in [-0.39, 0.29) is 10.6 Å². The lowest BCUT2D eigenvalue weighted by atomic mass is 9.93. The molecule has 26 heavy (non-hydrogen) atoms. The number of allylic oxidation sites excluding steroid dienone is 2. The lowest BCUT2D eigenvalue weighted by Crippen LogP contribution is -3.15. The Kier molecular flexibility index (Phi) is 4.58. The third-order valence-electron chi connectivity index (χ3n) is 6.08. The van der Waals surface area contributed by atoms with Gasteiger partial charge >= 0.3 is 0 Å². The molecule has 0 amide bonds. The Balaban J connectivity index is 1.36. The van der Waals surface area contributed by atoms with Gasteiger partial charge in [-0.05, 0) is 36.8 Å². The second-order valence-electron chi connectivity index (χ2n) is 7.65. The molecule has 4 rings (SSSR count). The van der Waals surface area contributed by atoms with Crippen molar-refractivity contribution in [3.05, 3.63) is 46.5 Å². The summed E-state index contributed by atoms with van der Waals surface area (Å²) in [7, 11) is -3.58. The van der Waals surface area contributed by atoms with Gasteiger partial charge in [-0.15, -0.1) is 0 Å². The second-order valence-corrected chi connectivity index (χ2v) is 9.59. The fraction of sp³-hybridized carbons (Fsp3) is 0.556. The van der Waals surface area contributed by atoms with Crippen molar-refractivity contribution in [3.8, 4) is 0 Å². The molecule has 0 spiro atoms. The molecule has 2 aliphatic carbocycles. The first-order chi connectivity index (χ1) is 12.4. The van der Waals surface area contributed by atoms with Gasteiger partial charge in [-0.2, -0.15) is 4.31 Å². The van der Waals surface area contributed by atoms with E-state index in [9.17, 15) is 18.5 Å². The molecular formula is C18H24N3O4S+. The number of hydrogen-bond donors (Lipinski definition) is 1. The van der Waals surface area contributed by atoms with Gasteiger partial charge in [0.25, 0.3) is 5.69 Å². The summed E-state index contributed by atoms with van der Waals surface area (Å²) in [5.41, 5.74) is -0.0990. The average molecular weight is 378 g/mol. The molecule has 1 aromatic carbocycles. The number of piperazine rings is 1. The lowest BCUT2D eigenvalue weighted by molar-refractivity contribution is -0.907. The van der Waals surface area contributed by atoms with Crippen molar-refractivity contribution < 1.29 is 18.2 Å². The Morgan fingerprint density at radius 3 is 2.35 bits per heavy atom. The number of nitrogens with zero attached hydrogens (tertiary/aromatic N) is 2. The molecule has 0 unspecified atom stereocenters. The number of nitrogens with one attached hydrogen (secondary N) is 1. The smallest absolute Gasteiger partial charge is 0.269 e.